The Kier molecular flexibility index (Phi) is 5.46. The lowest BCUT2D eigenvalue weighted by atomic mass is 10.1. The van der Waals surface area contributed by atoms with Crippen LogP contribution in [0.4, 0.5) is 11.4 Å². The molecule has 2 fully saturated rings. The van der Waals surface area contributed by atoms with E-state index in [-0.39, 0.29) is 5.91 Å². The summed E-state index contributed by atoms with van der Waals surface area (Å²) in [5.41, 5.74) is 3.95. The fourth-order valence-corrected chi connectivity index (χ4v) is 4.98. The number of nitrogens with zero attached hydrogens (tertiary/aromatic N) is 2. The molecule has 4 rings (SSSR count). The third-order valence-electron chi connectivity index (χ3n) is 6.36. The molecule has 4 nitrogen and oxygen atoms in total. The number of halogens is 1. The van der Waals surface area contributed by atoms with Gasteiger partial charge in [0.1, 0.15) is 13.1 Å². The molecule has 0 spiro atoms. The number of nitrogens with one attached hydrogen (secondary N) is 1. The van der Waals surface area contributed by atoms with E-state index in [1.165, 1.54) is 51.0 Å². The van der Waals surface area contributed by atoms with Crippen molar-refractivity contribution in [1.82, 2.24) is 9.60 Å². The first kappa shape index (κ1) is 19.4. The number of aryl methyl sites for hydroxylation is 1. The van der Waals surface area contributed by atoms with Gasteiger partial charge in [-0.3, -0.25) is 4.79 Å². The second-order valence-corrected chi connectivity index (χ2v) is 8.63. The highest BCUT2D eigenvalue weighted by Crippen LogP contribution is 2.38. The summed E-state index contributed by atoms with van der Waals surface area (Å²) in [5, 5.41) is 6.37. The number of hydrogen-bond donors (Lipinski definition) is 1. The monoisotopic (exact) mass is 398 g/mol. The van der Waals surface area contributed by atoms with Crippen molar-refractivity contribution in [2.45, 2.75) is 45.6 Å². The van der Waals surface area contributed by atoms with Gasteiger partial charge in [0.05, 0.1) is 6.04 Å². The van der Waals surface area contributed by atoms with Gasteiger partial charge in [-0.2, -0.15) is 0 Å². The number of rotatable bonds is 4. The summed E-state index contributed by atoms with van der Waals surface area (Å²) in [4.78, 5) is 12.6. The van der Waals surface area contributed by atoms with Crippen LogP contribution >= 0.6 is 11.6 Å². The fourth-order valence-electron chi connectivity index (χ4n) is 4.85. The van der Waals surface area contributed by atoms with Gasteiger partial charge in [-0.25, -0.2) is 4.59 Å². The number of carbonyl (C=O) groups is 1. The predicted octanol–water partition coefficient (Wildman–Crippen LogP) is 5.40. The molecule has 5 heteroatoms. The molecule has 2 saturated heterocycles. The highest BCUT2D eigenvalue weighted by Gasteiger charge is 2.45. The van der Waals surface area contributed by atoms with Crippen molar-refractivity contribution in [3.05, 3.63) is 58.6 Å². The molecule has 2 aromatic carbocycles. The van der Waals surface area contributed by atoms with Gasteiger partial charge in [0.2, 0.25) is 0 Å². The van der Waals surface area contributed by atoms with Gasteiger partial charge >= 0.3 is 0 Å². The number of carbonyl (C=O) groups excluding carboxylic acids is 1. The Bertz CT molecular complexity index is 859. The largest absolute Gasteiger partial charge is 0.322 e. The minimum atomic E-state index is -0.106. The van der Waals surface area contributed by atoms with Crippen LogP contribution in [-0.2, 0) is 0 Å². The summed E-state index contributed by atoms with van der Waals surface area (Å²) in [6.45, 7) is 7.98. The van der Waals surface area contributed by atoms with Gasteiger partial charge in [0.25, 0.3) is 5.91 Å². The zero-order chi connectivity index (χ0) is 19.7. The summed E-state index contributed by atoms with van der Waals surface area (Å²) < 4.78 is 0.980. The fraction of sp³-hybridized carbons (Fsp3) is 0.435. The molecule has 28 heavy (non-hydrogen) atoms. The maximum atomic E-state index is 12.6. The van der Waals surface area contributed by atoms with Crippen LogP contribution in [0.5, 0.6) is 0 Å². The Balaban J connectivity index is 1.58. The molecule has 0 bridgehead atoms. The predicted molar refractivity (Wildman–Crippen MR) is 117 cm³/mol. The smallest absolute Gasteiger partial charge is 0.255 e. The zero-order valence-electron chi connectivity index (χ0n) is 16.7. The number of quaternary nitrogens is 1. The van der Waals surface area contributed by atoms with Crippen LogP contribution in [0.2, 0.25) is 5.02 Å². The van der Waals surface area contributed by atoms with Crippen molar-refractivity contribution in [2.24, 2.45) is 0 Å². The van der Waals surface area contributed by atoms with E-state index < -0.39 is 0 Å². The molecule has 0 unspecified atom stereocenters. The molecule has 1 atom stereocenters. The summed E-state index contributed by atoms with van der Waals surface area (Å²) in [6, 6.07) is 14.2. The Labute approximate surface area is 172 Å². The van der Waals surface area contributed by atoms with Crippen LogP contribution in [0, 0.1) is 6.92 Å². The van der Waals surface area contributed by atoms with E-state index in [9.17, 15) is 4.79 Å². The topological polar surface area (TPSA) is 32.3 Å². The molecule has 2 aliphatic heterocycles. The van der Waals surface area contributed by atoms with Gasteiger partial charge in [-0.05, 0) is 62.6 Å². The van der Waals surface area contributed by atoms with E-state index in [1.54, 1.807) is 24.3 Å². The zero-order valence-corrected chi connectivity index (χ0v) is 17.5. The lowest BCUT2D eigenvalue weighted by Gasteiger charge is -2.43. The molecule has 2 aromatic rings. The summed E-state index contributed by atoms with van der Waals surface area (Å²) in [7, 11) is 0. The Hall–Kier alpha value is -1.88. The molecular formula is C23H29ClN3O+. The van der Waals surface area contributed by atoms with Crippen molar-refractivity contribution >= 4 is 28.9 Å². The van der Waals surface area contributed by atoms with Crippen LogP contribution in [0.15, 0.2) is 42.5 Å². The van der Waals surface area contributed by atoms with Crippen LogP contribution < -0.4 is 9.91 Å². The third kappa shape index (κ3) is 3.57. The van der Waals surface area contributed by atoms with Gasteiger partial charge in [0.15, 0.2) is 5.69 Å². The van der Waals surface area contributed by atoms with Crippen LogP contribution in [0.3, 0.4) is 0 Å². The number of amides is 1. The van der Waals surface area contributed by atoms with Crippen molar-refractivity contribution in [2.75, 3.05) is 25.0 Å². The minimum absolute atomic E-state index is 0.106. The molecule has 1 amide bonds. The van der Waals surface area contributed by atoms with Crippen LogP contribution in [-0.4, -0.2) is 36.6 Å². The maximum Gasteiger partial charge on any atom is 0.255 e. The molecule has 2 aliphatic rings. The van der Waals surface area contributed by atoms with Gasteiger partial charge < -0.3 is 5.32 Å². The molecular weight excluding hydrogens is 370 g/mol. The van der Waals surface area contributed by atoms with Crippen molar-refractivity contribution < 1.29 is 4.79 Å². The first-order valence-electron chi connectivity index (χ1n) is 10.3. The average Bonchev–Trinajstić information content (AvgIpc) is 3.33. The van der Waals surface area contributed by atoms with E-state index in [4.69, 9.17) is 11.6 Å². The van der Waals surface area contributed by atoms with E-state index in [1.807, 2.05) is 0 Å². The van der Waals surface area contributed by atoms with Gasteiger partial charge in [-0.15, -0.1) is 5.01 Å². The average molecular weight is 399 g/mol. The van der Waals surface area contributed by atoms with Crippen LogP contribution in [0.25, 0.3) is 0 Å². The van der Waals surface area contributed by atoms with E-state index >= 15 is 0 Å². The lowest BCUT2D eigenvalue weighted by molar-refractivity contribution is -0.00237. The second-order valence-electron chi connectivity index (χ2n) is 8.19. The second kappa shape index (κ2) is 7.86. The molecule has 2 heterocycles. The van der Waals surface area contributed by atoms with E-state index in [0.717, 1.165) is 15.8 Å². The van der Waals surface area contributed by atoms with Gasteiger partial charge in [-0.1, -0.05) is 11.6 Å². The molecule has 0 aliphatic carbocycles. The van der Waals surface area contributed by atoms with E-state index in [2.05, 4.69) is 42.4 Å². The van der Waals surface area contributed by atoms with Crippen molar-refractivity contribution in [1.29, 1.82) is 0 Å². The number of benzene rings is 2. The minimum Gasteiger partial charge on any atom is -0.322 e. The quantitative estimate of drug-likeness (QED) is 0.699. The summed E-state index contributed by atoms with van der Waals surface area (Å²) in [5.74, 6) is -0.106. The third-order valence-corrected chi connectivity index (χ3v) is 6.61. The Morgan fingerprint density at radius 1 is 1.11 bits per heavy atom. The molecule has 0 aromatic heterocycles. The number of hydrogen-bond acceptors (Lipinski definition) is 2. The first-order valence-corrected chi connectivity index (χ1v) is 10.7. The van der Waals surface area contributed by atoms with Gasteiger partial charge in [0, 0.05) is 47.8 Å². The maximum absolute atomic E-state index is 12.6. The SMILES string of the molecule is Cc1cc([N+]2(N3CCC[C@@H]3C)CCCC2)ccc1NC(=O)c1ccc(Cl)cc1. The van der Waals surface area contributed by atoms with E-state index in [0.29, 0.717) is 16.6 Å². The highest BCUT2D eigenvalue weighted by atomic mass is 35.5. The number of anilines is 1. The lowest BCUT2D eigenvalue weighted by Crippen LogP contribution is -2.61. The summed E-state index contributed by atoms with van der Waals surface area (Å²) in [6.07, 6.45) is 5.12. The van der Waals surface area contributed by atoms with Crippen LogP contribution in [0.1, 0.15) is 48.5 Å². The highest BCUT2D eigenvalue weighted by molar-refractivity contribution is 6.30. The first-order chi connectivity index (χ1) is 13.5. The Morgan fingerprint density at radius 2 is 1.82 bits per heavy atom. The van der Waals surface area contributed by atoms with Crippen molar-refractivity contribution in [3.63, 3.8) is 0 Å². The molecule has 0 radical (unpaired) electrons. The molecule has 148 valence electrons. The standard InChI is InChI=1S/C23H28ClN3O/c1-17-16-21(27(14-3-4-15-27)26-13-5-6-18(26)2)11-12-22(17)25-23(28)19-7-9-20(24)10-8-19/h7-12,16,18H,3-6,13-15H2,1-2H3/p+1/t18-/m0/s1. The summed E-state index contributed by atoms with van der Waals surface area (Å²) >= 11 is 5.92. The molecule has 1 N–H and O–H groups in total. The Morgan fingerprint density at radius 3 is 2.43 bits per heavy atom. The normalized spacial score (nSPS) is 21.8. The van der Waals surface area contributed by atoms with Crippen molar-refractivity contribution in [3.8, 4) is 0 Å². The molecule has 0 saturated carbocycles.